The molecule has 8 heteroatoms. The summed E-state index contributed by atoms with van der Waals surface area (Å²) in [7, 11) is 0. The lowest BCUT2D eigenvalue weighted by molar-refractivity contribution is -0.119. The number of carbonyl (C=O) groups excluding carboxylic acids is 1. The molecular formula is C16H20Cl2N2O4. The summed E-state index contributed by atoms with van der Waals surface area (Å²) in [5.41, 5.74) is 0.866. The Balaban J connectivity index is 2.23. The average molecular weight is 375 g/mol. The number of nitrogens with one attached hydrogen (secondary N) is 1. The van der Waals surface area contributed by atoms with Crippen molar-refractivity contribution in [3.63, 3.8) is 0 Å². The minimum Gasteiger partial charge on any atom is -0.465 e. The van der Waals surface area contributed by atoms with Crippen LogP contribution in [0.1, 0.15) is 24.8 Å². The van der Waals surface area contributed by atoms with Gasteiger partial charge in [-0.25, -0.2) is 4.79 Å². The van der Waals surface area contributed by atoms with Gasteiger partial charge in [0.1, 0.15) is 0 Å². The van der Waals surface area contributed by atoms with Crippen LogP contribution in [-0.2, 0) is 9.53 Å². The van der Waals surface area contributed by atoms with E-state index < -0.39 is 6.09 Å². The molecule has 2 N–H and O–H groups in total. The Hall–Kier alpha value is -1.50. The van der Waals surface area contributed by atoms with Crippen molar-refractivity contribution in [3.8, 4) is 0 Å². The molecule has 2 rings (SSSR count). The highest BCUT2D eigenvalue weighted by atomic mass is 35.5. The van der Waals surface area contributed by atoms with Gasteiger partial charge in [0.15, 0.2) is 0 Å². The fraction of sp³-hybridized carbons (Fsp3) is 0.500. The largest absolute Gasteiger partial charge is 0.465 e. The Kier molecular flexibility index (Phi) is 6.71. The maximum atomic E-state index is 11.4. The van der Waals surface area contributed by atoms with Crippen molar-refractivity contribution in [1.82, 2.24) is 10.2 Å². The molecule has 1 aromatic rings. The average Bonchev–Trinajstić information content (AvgIpc) is 2.72. The second kappa shape index (κ2) is 8.55. The van der Waals surface area contributed by atoms with Crippen molar-refractivity contribution in [2.75, 3.05) is 26.2 Å². The van der Waals surface area contributed by atoms with Crippen LogP contribution in [0, 0.1) is 0 Å². The molecule has 1 aliphatic rings. The molecule has 0 bridgehead atoms. The van der Waals surface area contributed by atoms with E-state index in [2.05, 4.69) is 5.32 Å². The first-order chi connectivity index (χ1) is 11.4. The molecule has 1 unspecified atom stereocenters. The van der Waals surface area contributed by atoms with Crippen molar-refractivity contribution in [2.45, 2.75) is 25.4 Å². The van der Waals surface area contributed by atoms with E-state index in [-0.39, 0.29) is 17.9 Å². The van der Waals surface area contributed by atoms with Crippen LogP contribution >= 0.6 is 23.2 Å². The molecule has 6 nitrogen and oxygen atoms in total. The SMILES string of the molecule is CC(=O)NCC[C@@H]1OCCN(C(=O)O)CC1c1ccc(Cl)c(Cl)c1. The Labute approximate surface area is 150 Å². The first-order valence-electron chi connectivity index (χ1n) is 7.67. The number of benzene rings is 1. The summed E-state index contributed by atoms with van der Waals surface area (Å²) in [4.78, 5) is 23.8. The van der Waals surface area contributed by atoms with Gasteiger partial charge in [0.05, 0.1) is 22.8 Å². The van der Waals surface area contributed by atoms with Crippen LogP contribution in [0.25, 0.3) is 0 Å². The van der Waals surface area contributed by atoms with Crippen LogP contribution < -0.4 is 5.32 Å². The van der Waals surface area contributed by atoms with Gasteiger partial charge in [-0.1, -0.05) is 29.3 Å². The lowest BCUT2D eigenvalue weighted by atomic mass is 9.91. The minimum atomic E-state index is -0.980. The van der Waals surface area contributed by atoms with Crippen LogP contribution in [0.2, 0.25) is 10.0 Å². The van der Waals surface area contributed by atoms with E-state index >= 15 is 0 Å². The molecule has 0 radical (unpaired) electrons. The first kappa shape index (κ1) is 18.8. The van der Waals surface area contributed by atoms with Crippen LogP contribution in [0.4, 0.5) is 4.79 Å². The molecule has 0 aliphatic carbocycles. The minimum absolute atomic E-state index is 0.109. The number of carboxylic acid groups (broad SMARTS) is 1. The number of amides is 2. The third kappa shape index (κ3) is 5.00. The quantitative estimate of drug-likeness (QED) is 0.848. The zero-order valence-corrected chi connectivity index (χ0v) is 14.8. The molecule has 1 fully saturated rings. The third-order valence-corrected chi connectivity index (χ3v) is 4.74. The topological polar surface area (TPSA) is 78.9 Å². The van der Waals surface area contributed by atoms with E-state index in [9.17, 15) is 14.7 Å². The molecule has 2 amide bonds. The van der Waals surface area contributed by atoms with Gasteiger partial charge in [-0.2, -0.15) is 0 Å². The summed E-state index contributed by atoms with van der Waals surface area (Å²) in [6.07, 6.45) is -0.623. The van der Waals surface area contributed by atoms with Gasteiger partial charge in [-0.05, 0) is 24.1 Å². The molecule has 0 spiro atoms. The van der Waals surface area contributed by atoms with Gasteiger partial charge in [0.25, 0.3) is 0 Å². The number of hydrogen-bond acceptors (Lipinski definition) is 3. The fourth-order valence-corrected chi connectivity index (χ4v) is 3.10. The van der Waals surface area contributed by atoms with E-state index in [0.29, 0.717) is 42.7 Å². The Bertz CT molecular complexity index is 612. The summed E-state index contributed by atoms with van der Waals surface area (Å²) in [5.74, 6) is -0.297. The smallest absolute Gasteiger partial charge is 0.407 e. The molecule has 1 heterocycles. The van der Waals surface area contributed by atoms with Crippen LogP contribution in [0.15, 0.2) is 18.2 Å². The highest BCUT2D eigenvalue weighted by Gasteiger charge is 2.31. The van der Waals surface area contributed by atoms with Gasteiger partial charge < -0.3 is 20.1 Å². The van der Waals surface area contributed by atoms with Gasteiger partial charge >= 0.3 is 6.09 Å². The summed E-state index contributed by atoms with van der Waals surface area (Å²) < 4.78 is 5.87. The van der Waals surface area contributed by atoms with Crippen molar-refractivity contribution in [3.05, 3.63) is 33.8 Å². The lowest BCUT2D eigenvalue weighted by Gasteiger charge is -2.27. The van der Waals surface area contributed by atoms with Crippen molar-refractivity contribution in [1.29, 1.82) is 0 Å². The number of ether oxygens (including phenoxy) is 1. The fourth-order valence-electron chi connectivity index (χ4n) is 2.79. The van der Waals surface area contributed by atoms with Crippen LogP contribution in [-0.4, -0.2) is 54.4 Å². The standard InChI is InChI=1S/C16H20Cl2N2O4/c1-10(21)19-5-4-15-12(9-20(16(22)23)6-7-24-15)11-2-3-13(17)14(18)8-11/h2-3,8,12,15H,4-7,9H2,1H3,(H,19,21)(H,22,23)/t12?,15-/m0/s1. The molecule has 0 saturated carbocycles. The molecular weight excluding hydrogens is 355 g/mol. The van der Waals surface area contributed by atoms with E-state index in [1.807, 2.05) is 6.07 Å². The summed E-state index contributed by atoms with van der Waals surface area (Å²) in [6.45, 7) is 2.85. The molecule has 1 aromatic carbocycles. The van der Waals surface area contributed by atoms with Crippen molar-refractivity contribution < 1.29 is 19.4 Å². The number of carbonyl (C=O) groups is 2. The Morgan fingerprint density at radius 1 is 1.38 bits per heavy atom. The normalized spacial score (nSPS) is 21.2. The van der Waals surface area contributed by atoms with Crippen LogP contribution in [0.5, 0.6) is 0 Å². The van der Waals surface area contributed by atoms with E-state index in [1.165, 1.54) is 11.8 Å². The summed E-state index contributed by atoms with van der Waals surface area (Å²) in [5, 5.41) is 12.9. The van der Waals surface area contributed by atoms with E-state index in [1.54, 1.807) is 12.1 Å². The maximum absolute atomic E-state index is 11.4. The zero-order chi connectivity index (χ0) is 17.7. The maximum Gasteiger partial charge on any atom is 0.407 e. The van der Waals surface area contributed by atoms with Crippen molar-refractivity contribution in [2.24, 2.45) is 0 Å². The van der Waals surface area contributed by atoms with Gasteiger partial charge in [0.2, 0.25) is 5.91 Å². The Morgan fingerprint density at radius 3 is 2.75 bits per heavy atom. The number of rotatable bonds is 4. The highest BCUT2D eigenvalue weighted by molar-refractivity contribution is 6.42. The summed E-state index contributed by atoms with van der Waals surface area (Å²) in [6, 6.07) is 5.27. The molecule has 1 aliphatic heterocycles. The lowest BCUT2D eigenvalue weighted by Crippen LogP contribution is -2.36. The molecule has 0 aromatic heterocycles. The van der Waals surface area contributed by atoms with E-state index in [0.717, 1.165) is 5.56 Å². The molecule has 2 atom stereocenters. The van der Waals surface area contributed by atoms with E-state index in [4.69, 9.17) is 27.9 Å². The number of nitrogens with zero attached hydrogens (tertiary/aromatic N) is 1. The molecule has 132 valence electrons. The highest BCUT2D eigenvalue weighted by Crippen LogP contribution is 2.32. The van der Waals surface area contributed by atoms with Crippen LogP contribution in [0.3, 0.4) is 0 Å². The first-order valence-corrected chi connectivity index (χ1v) is 8.43. The number of halogens is 2. The van der Waals surface area contributed by atoms with Crippen molar-refractivity contribution >= 4 is 35.2 Å². The predicted octanol–water partition coefficient (Wildman–Crippen LogP) is 2.98. The molecule has 24 heavy (non-hydrogen) atoms. The Morgan fingerprint density at radius 2 is 2.12 bits per heavy atom. The second-order valence-corrected chi connectivity index (χ2v) is 6.50. The van der Waals surface area contributed by atoms with Gasteiger partial charge in [0, 0.05) is 32.5 Å². The number of hydrogen-bond donors (Lipinski definition) is 2. The van der Waals surface area contributed by atoms with Gasteiger partial charge in [-0.3, -0.25) is 4.79 Å². The second-order valence-electron chi connectivity index (χ2n) is 5.69. The third-order valence-electron chi connectivity index (χ3n) is 4.00. The monoisotopic (exact) mass is 374 g/mol. The zero-order valence-electron chi connectivity index (χ0n) is 13.3. The predicted molar refractivity (Wildman–Crippen MR) is 91.8 cm³/mol. The summed E-state index contributed by atoms with van der Waals surface area (Å²) >= 11 is 12.1. The molecule has 1 saturated heterocycles. The van der Waals surface area contributed by atoms with Gasteiger partial charge in [-0.15, -0.1) is 0 Å².